The molecule has 2 rings (SSSR count). The minimum absolute atomic E-state index is 0.112. The molecule has 1 aromatic carbocycles. The Bertz CT molecular complexity index is 452. The number of hydrogen-bond donors (Lipinski definition) is 1. The fourth-order valence-electron chi connectivity index (χ4n) is 2.48. The molecule has 1 fully saturated rings. The normalized spacial score (nSPS) is 20.6. The van der Waals surface area contributed by atoms with E-state index in [1.54, 1.807) is 0 Å². The van der Waals surface area contributed by atoms with E-state index in [0.29, 0.717) is 0 Å². The van der Waals surface area contributed by atoms with Crippen LogP contribution in [-0.2, 0) is 0 Å². The van der Waals surface area contributed by atoms with E-state index in [4.69, 9.17) is 0 Å². The third-order valence-electron chi connectivity index (χ3n) is 3.49. The maximum absolute atomic E-state index is 12.7. The van der Waals surface area contributed by atoms with Crippen LogP contribution in [0.5, 0.6) is 0 Å². The van der Waals surface area contributed by atoms with Crippen LogP contribution in [0.2, 0.25) is 0 Å². The first-order chi connectivity index (χ1) is 9.13. The minimum atomic E-state index is 0.112. The molecule has 1 amide bonds. The van der Waals surface area contributed by atoms with Crippen LogP contribution in [0.15, 0.2) is 28.7 Å². The third-order valence-corrected chi connectivity index (χ3v) is 4.18. The molecule has 1 atom stereocenters. The van der Waals surface area contributed by atoms with Crippen molar-refractivity contribution in [2.24, 2.45) is 0 Å². The summed E-state index contributed by atoms with van der Waals surface area (Å²) >= 11 is 3.46. The lowest BCUT2D eigenvalue weighted by Crippen LogP contribution is -2.57. The van der Waals surface area contributed by atoms with Crippen molar-refractivity contribution in [3.05, 3.63) is 34.3 Å². The molecule has 1 aliphatic heterocycles. The van der Waals surface area contributed by atoms with E-state index in [1.165, 1.54) is 0 Å². The van der Waals surface area contributed by atoms with Gasteiger partial charge in [0.05, 0.1) is 11.6 Å². The van der Waals surface area contributed by atoms with Gasteiger partial charge in [-0.3, -0.25) is 4.79 Å². The summed E-state index contributed by atoms with van der Waals surface area (Å²) in [5, 5.41) is 3.18. The summed E-state index contributed by atoms with van der Waals surface area (Å²) in [7, 11) is 4.03. The first kappa shape index (κ1) is 14.5. The van der Waals surface area contributed by atoms with Gasteiger partial charge in [-0.15, -0.1) is 0 Å². The number of carbonyl (C=O) groups excluding carboxylic acids is 1. The lowest BCUT2D eigenvalue weighted by atomic mass is 10.1. The van der Waals surface area contributed by atoms with Crippen molar-refractivity contribution in [3.63, 3.8) is 0 Å². The maximum atomic E-state index is 12.7. The van der Waals surface area contributed by atoms with Gasteiger partial charge < -0.3 is 15.1 Å². The molecule has 0 bridgehead atoms. The molecule has 4 nitrogen and oxygen atoms in total. The Morgan fingerprint density at radius 2 is 2.16 bits per heavy atom. The highest BCUT2D eigenvalue weighted by molar-refractivity contribution is 9.10. The number of benzene rings is 1. The molecule has 0 aromatic heterocycles. The van der Waals surface area contributed by atoms with Crippen molar-refractivity contribution >= 4 is 21.8 Å². The Balaban J connectivity index is 2.19. The van der Waals surface area contributed by atoms with Crippen LogP contribution in [0.3, 0.4) is 0 Å². The number of amides is 1. The van der Waals surface area contributed by atoms with Gasteiger partial charge in [0.2, 0.25) is 0 Å². The van der Waals surface area contributed by atoms with E-state index in [1.807, 2.05) is 36.2 Å². The van der Waals surface area contributed by atoms with Gasteiger partial charge in [-0.05, 0) is 42.2 Å². The van der Waals surface area contributed by atoms with E-state index < -0.39 is 0 Å². The molecule has 19 heavy (non-hydrogen) atoms. The summed E-state index contributed by atoms with van der Waals surface area (Å²) in [6, 6.07) is 7.84. The van der Waals surface area contributed by atoms with Gasteiger partial charge >= 0.3 is 0 Å². The summed E-state index contributed by atoms with van der Waals surface area (Å²) in [5.74, 6) is 0.112. The van der Waals surface area contributed by atoms with E-state index >= 15 is 0 Å². The highest BCUT2D eigenvalue weighted by Crippen LogP contribution is 2.20. The number of piperazine rings is 1. The van der Waals surface area contributed by atoms with Gasteiger partial charge in [-0.25, -0.2) is 0 Å². The zero-order valence-corrected chi connectivity index (χ0v) is 13.0. The molecule has 1 aromatic rings. The van der Waals surface area contributed by atoms with Gasteiger partial charge in [0.15, 0.2) is 0 Å². The highest BCUT2D eigenvalue weighted by atomic mass is 79.9. The predicted octanol–water partition coefficient (Wildman–Crippen LogP) is 1.42. The maximum Gasteiger partial charge on any atom is 0.255 e. The molecule has 0 radical (unpaired) electrons. The van der Waals surface area contributed by atoms with Crippen LogP contribution >= 0.6 is 15.9 Å². The molecule has 104 valence electrons. The van der Waals surface area contributed by atoms with E-state index in [2.05, 4.69) is 33.2 Å². The monoisotopic (exact) mass is 325 g/mol. The molecule has 1 aliphatic rings. The van der Waals surface area contributed by atoms with Gasteiger partial charge in [0.25, 0.3) is 5.91 Å². The zero-order chi connectivity index (χ0) is 13.8. The number of nitrogens with zero attached hydrogens (tertiary/aromatic N) is 2. The number of likely N-dealkylation sites (N-methyl/N-ethyl adjacent to an activating group) is 2. The molecular weight excluding hydrogens is 306 g/mol. The molecule has 1 unspecified atom stereocenters. The van der Waals surface area contributed by atoms with Crippen LogP contribution in [0, 0.1) is 0 Å². The fourth-order valence-corrected chi connectivity index (χ4v) is 2.93. The lowest BCUT2D eigenvalue weighted by molar-refractivity contribution is 0.0503. The number of carbonyl (C=O) groups is 1. The molecule has 5 heteroatoms. The largest absolute Gasteiger partial charge is 0.332 e. The second kappa shape index (κ2) is 6.50. The van der Waals surface area contributed by atoms with Crippen LogP contribution in [-0.4, -0.2) is 62.0 Å². The van der Waals surface area contributed by atoms with Gasteiger partial charge in [-0.2, -0.15) is 0 Å². The topological polar surface area (TPSA) is 35.6 Å². The van der Waals surface area contributed by atoms with E-state index in [-0.39, 0.29) is 11.9 Å². The van der Waals surface area contributed by atoms with Gasteiger partial charge in [0, 0.05) is 30.7 Å². The Hall–Kier alpha value is -0.910. The molecule has 1 saturated heterocycles. The summed E-state index contributed by atoms with van der Waals surface area (Å²) in [4.78, 5) is 16.9. The van der Waals surface area contributed by atoms with Gasteiger partial charge in [0.1, 0.15) is 0 Å². The van der Waals surface area contributed by atoms with Crippen molar-refractivity contribution in [2.45, 2.75) is 6.04 Å². The van der Waals surface area contributed by atoms with E-state index in [9.17, 15) is 4.79 Å². The summed E-state index contributed by atoms with van der Waals surface area (Å²) in [6.07, 6.45) is 0. The van der Waals surface area contributed by atoms with Crippen molar-refractivity contribution < 1.29 is 4.79 Å². The first-order valence-corrected chi connectivity index (χ1v) is 7.31. The third kappa shape index (κ3) is 3.35. The summed E-state index contributed by atoms with van der Waals surface area (Å²) < 4.78 is 0.863. The Kier molecular flexibility index (Phi) is 4.96. The second-order valence-corrected chi connectivity index (χ2v) is 5.81. The van der Waals surface area contributed by atoms with Gasteiger partial charge in [-0.1, -0.05) is 12.1 Å². The molecule has 0 aliphatic carbocycles. The highest BCUT2D eigenvalue weighted by Gasteiger charge is 2.29. The van der Waals surface area contributed by atoms with Crippen LogP contribution in [0.25, 0.3) is 0 Å². The van der Waals surface area contributed by atoms with Crippen LogP contribution in [0.1, 0.15) is 10.4 Å². The van der Waals surface area contributed by atoms with Crippen molar-refractivity contribution in [1.82, 2.24) is 15.1 Å². The zero-order valence-electron chi connectivity index (χ0n) is 11.4. The van der Waals surface area contributed by atoms with E-state index in [0.717, 1.165) is 36.2 Å². The summed E-state index contributed by atoms with van der Waals surface area (Å²) in [6.45, 7) is 3.44. The predicted molar refractivity (Wildman–Crippen MR) is 80.4 cm³/mol. The number of halogens is 1. The average Bonchev–Trinajstić information content (AvgIpc) is 2.39. The number of hydrogen-bond acceptors (Lipinski definition) is 3. The Morgan fingerprint density at radius 3 is 2.84 bits per heavy atom. The molecule has 0 saturated carbocycles. The Morgan fingerprint density at radius 1 is 1.42 bits per heavy atom. The molecule has 0 spiro atoms. The quantitative estimate of drug-likeness (QED) is 0.913. The summed E-state index contributed by atoms with van der Waals surface area (Å²) in [5.41, 5.74) is 0.744. The second-order valence-electron chi connectivity index (χ2n) is 4.95. The number of nitrogens with one attached hydrogen (secondary N) is 1. The molecule has 1 N–H and O–H groups in total. The molecule has 1 heterocycles. The standard InChI is InChI=1S/C14H20BrN3O/c1-16-9-11-10-17(2)7-8-18(11)14(19)12-5-3-4-6-13(12)15/h3-6,11,16H,7-10H2,1-2H3. The first-order valence-electron chi connectivity index (χ1n) is 6.52. The van der Waals surface area contributed by atoms with Crippen LogP contribution < -0.4 is 5.32 Å². The van der Waals surface area contributed by atoms with Crippen LogP contribution in [0.4, 0.5) is 0 Å². The van der Waals surface area contributed by atoms with Crippen molar-refractivity contribution in [1.29, 1.82) is 0 Å². The average molecular weight is 326 g/mol. The smallest absolute Gasteiger partial charge is 0.255 e. The SMILES string of the molecule is CNCC1CN(C)CCN1C(=O)c1ccccc1Br. The molecular formula is C14H20BrN3O. The fraction of sp³-hybridized carbons (Fsp3) is 0.500. The Labute approximate surface area is 122 Å². The van der Waals surface area contributed by atoms with Crippen molar-refractivity contribution in [2.75, 3.05) is 40.3 Å². The minimum Gasteiger partial charge on any atom is -0.332 e. The van der Waals surface area contributed by atoms with Crippen molar-refractivity contribution in [3.8, 4) is 0 Å². The number of rotatable bonds is 3. The lowest BCUT2D eigenvalue weighted by Gasteiger charge is -2.40.